The maximum absolute atomic E-state index is 13.0. The smallest absolute Gasteiger partial charge is 0.280 e. The van der Waals surface area contributed by atoms with Crippen LogP contribution in [0.15, 0.2) is 56.6 Å². The van der Waals surface area contributed by atoms with Gasteiger partial charge in [0.1, 0.15) is 16.0 Å². The van der Waals surface area contributed by atoms with Gasteiger partial charge in [-0.25, -0.2) is 9.49 Å². The van der Waals surface area contributed by atoms with Crippen molar-refractivity contribution >= 4 is 39.1 Å². The number of halogens is 2. The fourth-order valence-electron chi connectivity index (χ4n) is 2.79. The minimum absolute atomic E-state index is 0.267. The van der Waals surface area contributed by atoms with Crippen LogP contribution in [-0.2, 0) is 0 Å². The summed E-state index contributed by atoms with van der Waals surface area (Å²) in [6.45, 7) is 0.334. The normalized spacial score (nSPS) is 10.6. The molecule has 1 aromatic heterocycles. The second-order valence-corrected chi connectivity index (χ2v) is 8.23. The van der Waals surface area contributed by atoms with E-state index >= 15 is 0 Å². The van der Waals surface area contributed by atoms with Crippen LogP contribution in [0.5, 0.6) is 17.4 Å². The molecule has 0 aliphatic rings. The third kappa shape index (κ3) is 5.50. The van der Waals surface area contributed by atoms with Gasteiger partial charge in [-0.05, 0) is 52.3 Å². The zero-order valence-electron chi connectivity index (χ0n) is 17.1. The lowest BCUT2D eigenvalue weighted by atomic mass is 10.2. The molecule has 1 N–H and O–H groups in total. The predicted molar refractivity (Wildman–Crippen MR) is 123 cm³/mol. The van der Waals surface area contributed by atoms with Crippen molar-refractivity contribution in [2.45, 2.75) is 4.90 Å². The molecule has 0 amide bonds. The number of methoxy groups -OCH3 is 2. The number of thioether (sulfide) groups is 1. The van der Waals surface area contributed by atoms with E-state index < -0.39 is 0 Å². The first kappa shape index (κ1) is 23.0. The summed E-state index contributed by atoms with van der Waals surface area (Å²) in [6.07, 6.45) is 0. The number of aromatic amines is 1. The maximum Gasteiger partial charge on any atom is 0.280 e. The lowest BCUT2D eigenvalue weighted by molar-refractivity contribution is 0.326. The molecule has 0 fully saturated rings. The summed E-state index contributed by atoms with van der Waals surface area (Å²) < 4.78 is 29.8. The first-order valence-electron chi connectivity index (χ1n) is 9.19. The number of nitrogens with zero attached hydrogens (tertiary/aromatic N) is 2. The van der Waals surface area contributed by atoms with Crippen LogP contribution in [0.1, 0.15) is 0 Å². The highest BCUT2D eigenvalue weighted by Crippen LogP contribution is 2.38. The molecule has 0 atom stereocenters. The quantitative estimate of drug-likeness (QED) is 0.332. The van der Waals surface area contributed by atoms with Crippen molar-refractivity contribution in [1.29, 1.82) is 0 Å². The summed E-state index contributed by atoms with van der Waals surface area (Å²) in [5.74, 6) is 1.76. The first-order chi connectivity index (χ1) is 14.9. The Morgan fingerprint density at radius 1 is 1.13 bits per heavy atom. The Morgan fingerprint density at radius 2 is 1.84 bits per heavy atom. The van der Waals surface area contributed by atoms with Gasteiger partial charge in [0.2, 0.25) is 0 Å². The number of nitrogens with one attached hydrogen (secondary N) is 1. The van der Waals surface area contributed by atoms with Crippen molar-refractivity contribution in [1.82, 2.24) is 10.2 Å². The van der Waals surface area contributed by atoms with E-state index in [0.29, 0.717) is 34.0 Å². The van der Waals surface area contributed by atoms with Crippen LogP contribution in [0.2, 0.25) is 0 Å². The minimum atomic E-state index is -0.379. The summed E-state index contributed by atoms with van der Waals surface area (Å²) in [7, 11) is 4.91. The fourth-order valence-corrected chi connectivity index (χ4v) is 4.04. The minimum Gasteiger partial charge on any atom is -0.493 e. The van der Waals surface area contributed by atoms with E-state index in [1.54, 1.807) is 50.4 Å². The van der Waals surface area contributed by atoms with Crippen molar-refractivity contribution in [3.05, 3.63) is 63.1 Å². The van der Waals surface area contributed by atoms with Gasteiger partial charge >= 0.3 is 0 Å². The first-order valence-corrected chi connectivity index (χ1v) is 11.0. The van der Waals surface area contributed by atoms with E-state index in [1.807, 2.05) is 6.07 Å². The Labute approximate surface area is 191 Å². The molecule has 31 heavy (non-hydrogen) atoms. The maximum atomic E-state index is 13.0. The molecule has 164 valence electrons. The second kappa shape index (κ2) is 10.5. The van der Waals surface area contributed by atoms with Gasteiger partial charge in [-0.15, -0.1) is 16.9 Å². The summed E-state index contributed by atoms with van der Waals surface area (Å²) in [4.78, 5) is 14.9. The summed E-state index contributed by atoms with van der Waals surface area (Å²) >= 11 is 4.87. The van der Waals surface area contributed by atoms with Gasteiger partial charge < -0.3 is 19.1 Å². The third-order valence-corrected chi connectivity index (χ3v) is 6.08. The van der Waals surface area contributed by atoms with Crippen LogP contribution in [-0.4, -0.2) is 43.8 Å². The van der Waals surface area contributed by atoms with Crippen molar-refractivity contribution < 1.29 is 18.6 Å². The lowest BCUT2D eigenvalue weighted by Gasteiger charge is -2.23. The molecule has 0 spiro atoms. The van der Waals surface area contributed by atoms with Crippen LogP contribution in [0.3, 0.4) is 0 Å². The Hall–Kier alpha value is -2.72. The summed E-state index contributed by atoms with van der Waals surface area (Å²) in [5.41, 5.74) is 0.842. The molecule has 0 bridgehead atoms. The van der Waals surface area contributed by atoms with Crippen molar-refractivity contribution in [3.8, 4) is 17.4 Å². The van der Waals surface area contributed by atoms with Crippen molar-refractivity contribution in [3.63, 3.8) is 0 Å². The zero-order valence-corrected chi connectivity index (χ0v) is 19.5. The standard InChI is InChI=1S/C21H21BrFN3O4S/c1-26(14-6-9-16(28-2)17(12-14)29-3)19-18(22)20(27)24-25-21(19)30-10-11-31-15-7-4-13(23)5-8-15/h4-9,12H,10-11H2,1-3H3,(H,24,27). The summed E-state index contributed by atoms with van der Waals surface area (Å²) in [5, 5.41) is 6.50. The fraction of sp³-hybridized carbons (Fsp3) is 0.238. The Balaban J connectivity index is 1.79. The number of hydrogen-bond acceptors (Lipinski definition) is 7. The number of anilines is 2. The molecule has 3 aromatic rings. The number of benzene rings is 2. The average molecular weight is 510 g/mol. The van der Waals surface area contributed by atoms with Gasteiger partial charge in [0.05, 0.1) is 20.8 Å². The topological polar surface area (TPSA) is 76.7 Å². The number of H-pyrrole nitrogens is 1. The van der Waals surface area contributed by atoms with E-state index in [-0.39, 0.29) is 17.3 Å². The van der Waals surface area contributed by atoms with Crippen molar-refractivity contribution in [2.24, 2.45) is 0 Å². The largest absolute Gasteiger partial charge is 0.493 e. The Kier molecular flexibility index (Phi) is 7.80. The molecule has 0 saturated carbocycles. The number of hydrogen-bond donors (Lipinski definition) is 1. The van der Waals surface area contributed by atoms with Crippen LogP contribution in [0.4, 0.5) is 15.8 Å². The Morgan fingerprint density at radius 3 is 2.52 bits per heavy atom. The van der Waals surface area contributed by atoms with Gasteiger partial charge in [0.15, 0.2) is 11.5 Å². The molecule has 0 unspecified atom stereocenters. The van der Waals surface area contributed by atoms with Crippen LogP contribution < -0.4 is 24.7 Å². The van der Waals surface area contributed by atoms with E-state index in [2.05, 4.69) is 26.1 Å². The van der Waals surface area contributed by atoms with E-state index in [0.717, 1.165) is 10.6 Å². The van der Waals surface area contributed by atoms with E-state index in [1.165, 1.54) is 23.9 Å². The third-order valence-electron chi connectivity index (χ3n) is 4.36. The number of rotatable bonds is 9. The highest BCUT2D eigenvalue weighted by molar-refractivity contribution is 9.10. The van der Waals surface area contributed by atoms with Gasteiger partial charge in [-0.1, -0.05) is 0 Å². The van der Waals surface area contributed by atoms with Gasteiger partial charge in [-0.2, -0.15) is 0 Å². The Bertz CT molecular complexity index is 1090. The summed E-state index contributed by atoms with van der Waals surface area (Å²) in [6, 6.07) is 11.7. The van der Waals surface area contributed by atoms with Gasteiger partial charge in [-0.3, -0.25) is 4.79 Å². The van der Waals surface area contributed by atoms with Gasteiger partial charge in [0.25, 0.3) is 11.4 Å². The number of aromatic nitrogens is 2. The van der Waals surface area contributed by atoms with Crippen LogP contribution in [0, 0.1) is 5.82 Å². The molecular weight excluding hydrogens is 489 g/mol. The highest BCUT2D eigenvalue weighted by atomic mass is 79.9. The monoisotopic (exact) mass is 509 g/mol. The lowest BCUT2D eigenvalue weighted by Crippen LogP contribution is -2.20. The molecule has 0 radical (unpaired) electrons. The molecule has 10 heteroatoms. The molecular formula is C21H21BrFN3O4S. The predicted octanol–water partition coefficient (Wildman–Crippen LogP) is 4.63. The molecule has 0 aliphatic carbocycles. The molecule has 2 aromatic carbocycles. The second-order valence-electron chi connectivity index (χ2n) is 6.27. The highest BCUT2D eigenvalue weighted by Gasteiger charge is 2.20. The van der Waals surface area contributed by atoms with Gasteiger partial charge in [0, 0.05) is 29.4 Å². The average Bonchev–Trinajstić information content (AvgIpc) is 2.79. The molecule has 0 saturated heterocycles. The zero-order chi connectivity index (χ0) is 22.4. The van der Waals surface area contributed by atoms with E-state index in [4.69, 9.17) is 14.2 Å². The molecule has 7 nitrogen and oxygen atoms in total. The van der Waals surface area contributed by atoms with Crippen LogP contribution >= 0.6 is 27.7 Å². The van der Waals surface area contributed by atoms with Crippen molar-refractivity contribution in [2.75, 3.05) is 38.5 Å². The SMILES string of the molecule is COc1ccc(N(C)c2c(OCCSc3ccc(F)cc3)n[nH]c(=O)c2Br)cc1OC. The molecule has 0 aliphatic heterocycles. The number of ether oxygens (including phenoxy) is 3. The van der Waals surface area contributed by atoms with Crippen LogP contribution in [0.25, 0.3) is 0 Å². The molecule has 1 heterocycles. The van der Waals surface area contributed by atoms with E-state index in [9.17, 15) is 9.18 Å². The molecule has 3 rings (SSSR count).